The number of ether oxygens (including phenoxy) is 3. The Morgan fingerprint density at radius 2 is 2.12 bits per heavy atom. The van der Waals surface area contributed by atoms with E-state index in [1.54, 1.807) is 13.2 Å². The Morgan fingerprint density at radius 3 is 2.84 bits per heavy atom. The van der Waals surface area contributed by atoms with Crippen LogP contribution in [-0.2, 0) is 29.0 Å². The lowest BCUT2D eigenvalue weighted by atomic mass is 9.94. The number of aliphatic hydroxyl groups is 1. The fourth-order valence-corrected chi connectivity index (χ4v) is 5.11. The van der Waals surface area contributed by atoms with Crippen LogP contribution in [0.2, 0.25) is 0 Å². The van der Waals surface area contributed by atoms with Crippen LogP contribution < -0.4 is 20.3 Å². The van der Waals surface area contributed by atoms with Crippen LogP contribution in [-0.4, -0.2) is 103 Å². The molecule has 1 atom stereocenters. The third-order valence-electron chi connectivity index (χ3n) is 7.80. The first-order chi connectivity index (χ1) is 20.8. The molecule has 1 amide bonds. The van der Waals surface area contributed by atoms with Gasteiger partial charge in [0.2, 0.25) is 5.95 Å². The van der Waals surface area contributed by atoms with Gasteiger partial charge in [-0.05, 0) is 43.0 Å². The summed E-state index contributed by atoms with van der Waals surface area (Å²) >= 11 is 0. The summed E-state index contributed by atoms with van der Waals surface area (Å²) in [6.07, 6.45) is 1.54. The zero-order valence-electron chi connectivity index (χ0n) is 25.3. The maximum Gasteiger partial charge on any atom is 0.270 e. The SMILES string of the molecule is COCCN(C)c1nc(NC2COC2)cc(C(=O)NCC(O)CN2CCc3c(ccc(OCc4ocnc4C)c3C)C2)n1. The summed E-state index contributed by atoms with van der Waals surface area (Å²) in [5.74, 6) is 2.15. The number of oxazole rings is 1. The summed E-state index contributed by atoms with van der Waals surface area (Å²) < 4.78 is 21.8. The first-order valence-corrected chi connectivity index (χ1v) is 14.6. The second-order valence-corrected chi connectivity index (χ2v) is 11.1. The Kier molecular flexibility index (Phi) is 10.1. The van der Waals surface area contributed by atoms with Gasteiger partial charge in [-0.15, -0.1) is 0 Å². The molecule has 3 aromatic rings. The third-order valence-corrected chi connectivity index (χ3v) is 7.80. The molecule has 3 N–H and O–H groups in total. The zero-order valence-corrected chi connectivity index (χ0v) is 25.3. The molecule has 4 heterocycles. The number of hydrogen-bond acceptors (Lipinski definition) is 12. The summed E-state index contributed by atoms with van der Waals surface area (Å²) in [5.41, 5.74) is 4.67. The number of nitrogens with zero attached hydrogens (tertiary/aromatic N) is 5. The predicted molar refractivity (Wildman–Crippen MR) is 159 cm³/mol. The van der Waals surface area contributed by atoms with Crippen LogP contribution in [0.3, 0.4) is 0 Å². The van der Waals surface area contributed by atoms with E-state index < -0.39 is 6.10 Å². The lowest BCUT2D eigenvalue weighted by Crippen LogP contribution is -2.42. The number of amides is 1. The summed E-state index contributed by atoms with van der Waals surface area (Å²) in [4.78, 5) is 30.3. The number of methoxy groups -OCH3 is 1. The molecule has 1 saturated heterocycles. The van der Waals surface area contributed by atoms with E-state index in [1.165, 1.54) is 17.5 Å². The molecule has 43 heavy (non-hydrogen) atoms. The van der Waals surface area contributed by atoms with Gasteiger partial charge in [0.1, 0.15) is 23.9 Å². The standard InChI is InChI=1S/C30H41N7O6/c1-19-24-7-8-37(13-21(24)5-6-26(19)42-17-27-20(2)32-18-43-27)14-23(38)12-31-29(39)25-11-28(33-22-15-41-16-22)35-30(34-25)36(3)9-10-40-4/h5-6,11,18,22-23,38H,7-10,12-17H2,1-4H3,(H,31,39)(H,33,34,35). The van der Waals surface area contributed by atoms with E-state index in [0.717, 1.165) is 35.7 Å². The fraction of sp³-hybridized carbons (Fsp3) is 0.533. The van der Waals surface area contributed by atoms with Crippen molar-refractivity contribution in [2.24, 2.45) is 0 Å². The Labute approximate surface area is 251 Å². The third kappa shape index (κ3) is 7.79. The van der Waals surface area contributed by atoms with Crippen molar-refractivity contribution in [3.05, 3.63) is 58.4 Å². The summed E-state index contributed by atoms with van der Waals surface area (Å²) in [5, 5.41) is 16.9. The number of carbonyl (C=O) groups is 1. The highest BCUT2D eigenvalue weighted by Crippen LogP contribution is 2.30. The predicted octanol–water partition coefficient (Wildman–Crippen LogP) is 1.70. The number of likely N-dealkylation sites (N-methyl/N-ethyl adjacent to an activating group) is 1. The van der Waals surface area contributed by atoms with E-state index in [0.29, 0.717) is 57.8 Å². The number of anilines is 2. The van der Waals surface area contributed by atoms with Gasteiger partial charge in [-0.1, -0.05) is 6.07 Å². The smallest absolute Gasteiger partial charge is 0.270 e. The van der Waals surface area contributed by atoms with Crippen molar-refractivity contribution in [3.8, 4) is 5.75 Å². The molecule has 1 unspecified atom stereocenters. The topological polar surface area (TPSA) is 147 Å². The van der Waals surface area contributed by atoms with Crippen molar-refractivity contribution in [1.82, 2.24) is 25.2 Å². The normalized spacial score (nSPS) is 15.8. The van der Waals surface area contributed by atoms with Crippen molar-refractivity contribution < 1.29 is 28.5 Å². The molecule has 13 nitrogen and oxygen atoms in total. The second kappa shape index (κ2) is 14.1. The van der Waals surface area contributed by atoms with Crippen LogP contribution in [0.1, 0.15) is 38.6 Å². The number of nitrogens with one attached hydrogen (secondary N) is 2. The number of hydrogen-bond donors (Lipinski definition) is 3. The first-order valence-electron chi connectivity index (χ1n) is 14.6. The van der Waals surface area contributed by atoms with Crippen LogP contribution in [0, 0.1) is 13.8 Å². The quantitative estimate of drug-likeness (QED) is 0.249. The van der Waals surface area contributed by atoms with Crippen molar-refractivity contribution in [2.45, 2.75) is 45.6 Å². The van der Waals surface area contributed by atoms with Crippen LogP contribution in [0.15, 0.2) is 29.0 Å². The van der Waals surface area contributed by atoms with Gasteiger partial charge in [0.15, 0.2) is 12.2 Å². The molecule has 0 saturated carbocycles. The Balaban J connectivity index is 1.15. The van der Waals surface area contributed by atoms with E-state index in [4.69, 9.17) is 18.6 Å². The van der Waals surface area contributed by atoms with E-state index in [-0.39, 0.29) is 24.2 Å². The molecule has 232 valence electrons. The molecule has 1 aromatic carbocycles. The molecule has 5 rings (SSSR count). The van der Waals surface area contributed by atoms with Gasteiger partial charge >= 0.3 is 0 Å². The van der Waals surface area contributed by atoms with E-state index in [2.05, 4.69) is 43.5 Å². The molecule has 2 aromatic heterocycles. The molecule has 0 aliphatic carbocycles. The molecule has 0 radical (unpaired) electrons. The summed E-state index contributed by atoms with van der Waals surface area (Å²) in [6, 6.07) is 5.85. The van der Waals surface area contributed by atoms with Crippen LogP contribution in [0.25, 0.3) is 0 Å². The molecule has 2 aliphatic rings. The molecule has 0 bridgehead atoms. The van der Waals surface area contributed by atoms with Gasteiger partial charge in [0.05, 0.1) is 37.7 Å². The Bertz CT molecular complexity index is 1400. The highest BCUT2D eigenvalue weighted by atomic mass is 16.5. The summed E-state index contributed by atoms with van der Waals surface area (Å²) in [7, 11) is 3.48. The molecule has 13 heteroatoms. The highest BCUT2D eigenvalue weighted by Gasteiger charge is 2.24. The fourth-order valence-electron chi connectivity index (χ4n) is 5.11. The number of fused-ring (bicyclic) bond motifs is 1. The average Bonchev–Trinajstić information content (AvgIpc) is 3.40. The van der Waals surface area contributed by atoms with Crippen molar-refractivity contribution in [1.29, 1.82) is 0 Å². The maximum absolute atomic E-state index is 13.1. The molecule has 1 fully saturated rings. The first kappa shape index (κ1) is 30.7. The number of aliphatic hydroxyl groups excluding tert-OH is 1. The number of aromatic nitrogens is 3. The number of benzene rings is 1. The monoisotopic (exact) mass is 595 g/mol. The van der Waals surface area contributed by atoms with E-state index in [1.807, 2.05) is 24.9 Å². The lowest BCUT2D eigenvalue weighted by molar-refractivity contribution is 0.0209. The number of rotatable bonds is 14. The molecule has 0 spiro atoms. The lowest BCUT2D eigenvalue weighted by Gasteiger charge is -2.31. The van der Waals surface area contributed by atoms with E-state index in [9.17, 15) is 9.90 Å². The Morgan fingerprint density at radius 1 is 1.28 bits per heavy atom. The minimum absolute atomic E-state index is 0.104. The number of carbonyl (C=O) groups excluding carboxylic acids is 1. The van der Waals surface area contributed by atoms with E-state index >= 15 is 0 Å². The van der Waals surface area contributed by atoms with Gasteiger partial charge in [0, 0.05) is 52.9 Å². The van der Waals surface area contributed by atoms with Crippen LogP contribution in [0.4, 0.5) is 11.8 Å². The number of aryl methyl sites for hydroxylation is 1. The van der Waals surface area contributed by atoms with Gasteiger partial charge in [0.25, 0.3) is 5.91 Å². The Hall–Kier alpha value is -3.78. The highest BCUT2D eigenvalue weighted by molar-refractivity contribution is 5.93. The van der Waals surface area contributed by atoms with Gasteiger partial charge in [-0.2, -0.15) is 4.98 Å². The minimum Gasteiger partial charge on any atom is -0.485 e. The maximum atomic E-state index is 13.1. The van der Waals surface area contributed by atoms with Gasteiger partial charge < -0.3 is 39.3 Å². The molecular formula is C30H41N7O6. The molecule has 2 aliphatic heterocycles. The van der Waals surface area contributed by atoms with Crippen molar-refractivity contribution in [2.75, 3.05) is 70.4 Å². The van der Waals surface area contributed by atoms with Crippen LogP contribution >= 0.6 is 0 Å². The second-order valence-electron chi connectivity index (χ2n) is 11.1. The largest absolute Gasteiger partial charge is 0.485 e. The minimum atomic E-state index is -0.741. The average molecular weight is 596 g/mol. The van der Waals surface area contributed by atoms with Crippen molar-refractivity contribution >= 4 is 17.7 Å². The summed E-state index contributed by atoms with van der Waals surface area (Å²) in [6.45, 7) is 8.61. The zero-order chi connectivity index (χ0) is 30.3. The van der Waals surface area contributed by atoms with Gasteiger partial charge in [-0.3, -0.25) is 9.69 Å². The van der Waals surface area contributed by atoms with Gasteiger partial charge in [-0.25, -0.2) is 9.97 Å². The van der Waals surface area contributed by atoms with Crippen molar-refractivity contribution in [3.63, 3.8) is 0 Å². The molecular weight excluding hydrogens is 554 g/mol. The number of β-amino-alcohol motifs (C(OH)–C–C–N with tert-alkyl or cyclic N) is 1. The van der Waals surface area contributed by atoms with Crippen LogP contribution in [0.5, 0.6) is 5.75 Å².